The Labute approximate surface area is 166 Å². The van der Waals surface area contributed by atoms with E-state index in [1.807, 2.05) is 0 Å². The summed E-state index contributed by atoms with van der Waals surface area (Å²) >= 11 is 0. The predicted octanol–water partition coefficient (Wildman–Crippen LogP) is 5.35. The third-order valence-corrected chi connectivity index (χ3v) is 7.16. The van der Waals surface area contributed by atoms with Crippen LogP contribution in [-0.2, 0) is 0 Å². The van der Waals surface area contributed by atoms with Gasteiger partial charge in [0.2, 0.25) is 0 Å². The first-order valence-corrected chi connectivity index (χ1v) is 11.7. The molecular formula is C24H39N3. The molecule has 3 heteroatoms. The Kier molecular flexibility index (Phi) is 7.09. The zero-order valence-corrected chi connectivity index (χ0v) is 17.1. The standard InChI is InChI=1S/C24H39N3/c1(2-7-20-8-6-16-25-19-20)4-17-26-22-12-10-21(11-13-22)24-15-14-23-9-3-5-18-27(23)24/h10-13,20,23-26H,1-9,14-19H2/t20?,23-,24-/m0/s1. The topological polar surface area (TPSA) is 27.3 Å². The van der Waals surface area contributed by atoms with E-state index in [9.17, 15) is 0 Å². The maximum atomic E-state index is 3.63. The Bertz CT molecular complexity index is 549. The molecule has 0 amide bonds. The van der Waals surface area contributed by atoms with Crippen LogP contribution in [0.1, 0.15) is 82.2 Å². The molecule has 4 rings (SSSR count). The lowest BCUT2D eigenvalue weighted by atomic mass is 9.94. The van der Waals surface area contributed by atoms with Gasteiger partial charge in [-0.1, -0.05) is 31.4 Å². The van der Waals surface area contributed by atoms with E-state index in [-0.39, 0.29) is 0 Å². The molecule has 1 aromatic rings. The Morgan fingerprint density at radius 1 is 0.926 bits per heavy atom. The molecule has 27 heavy (non-hydrogen) atoms. The molecule has 3 atom stereocenters. The van der Waals surface area contributed by atoms with Crippen LogP contribution in [0, 0.1) is 5.92 Å². The molecule has 1 aromatic carbocycles. The first kappa shape index (κ1) is 19.3. The van der Waals surface area contributed by atoms with E-state index in [1.54, 1.807) is 0 Å². The van der Waals surface area contributed by atoms with Crippen molar-refractivity contribution in [3.05, 3.63) is 29.8 Å². The number of piperidine rings is 2. The number of hydrogen-bond donors (Lipinski definition) is 2. The fourth-order valence-electron chi connectivity index (χ4n) is 5.58. The van der Waals surface area contributed by atoms with E-state index < -0.39 is 0 Å². The lowest BCUT2D eigenvalue weighted by Gasteiger charge is -2.34. The highest BCUT2D eigenvalue weighted by Crippen LogP contribution is 2.40. The third kappa shape index (κ3) is 5.26. The van der Waals surface area contributed by atoms with Crippen molar-refractivity contribution >= 4 is 5.69 Å². The smallest absolute Gasteiger partial charge is 0.0351 e. The van der Waals surface area contributed by atoms with Gasteiger partial charge >= 0.3 is 0 Å². The number of nitrogens with zero attached hydrogens (tertiary/aromatic N) is 1. The van der Waals surface area contributed by atoms with Gasteiger partial charge in [-0.15, -0.1) is 0 Å². The number of hydrogen-bond acceptors (Lipinski definition) is 3. The Balaban J connectivity index is 1.14. The maximum Gasteiger partial charge on any atom is 0.0351 e. The second-order valence-electron chi connectivity index (χ2n) is 9.09. The maximum absolute atomic E-state index is 3.63. The summed E-state index contributed by atoms with van der Waals surface area (Å²) < 4.78 is 0. The van der Waals surface area contributed by atoms with Crippen LogP contribution in [-0.4, -0.2) is 37.1 Å². The van der Waals surface area contributed by atoms with E-state index in [4.69, 9.17) is 0 Å². The summed E-state index contributed by atoms with van der Waals surface area (Å²) in [5, 5.41) is 7.16. The normalized spacial score (nSPS) is 28.8. The zero-order chi connectivity index (χ0) is 18.3. The molecule has 0 radical (unpaired) electrons. The SMILES string of the molecule is c1cc([C@@H]2CC[C@@H]3CCCCN32)ccc1NCCCCCC1CCCNC1. The molecule has 3 saturated heterocycles. The van der Waals surface area contributed by atoms with Crippen molar-refractivity contribution in [3.63, 3.8) is 0 Å². The van der Waals surface area contributed by atoms with Crippen molar-refractivity contribution in [2.45, 2.75) is 82.7 Å². The quantitative estimate of drug-likeness (QED) is 0.605. The summed E-state index contributed by atoms with van der Waals surface area (Å²) in [6.45, 7) is 4.91. The summed E-state index contributed by atoms with van der Waals surface area (Å²) in [4.78, 5) is 2.79. The molecule has 3 nitrogen and oxygen atoms in total. The van der Waals surface area contributed by atoms with Crippen LogP contribution in [0.15, 0.2) is 24.3 Å². The molecular weight excluding hydrogens is 330 g/mol. The van der Waals surface area contributed by atoms with E-state index in [1.165, 1.54) is 102 Å². The Morgan fingerprint density at radius 3 is 2.70 bits per heavy atom. The summed E-state index contributed by atoms with van der Waals surface area (Å²) in [7, 11) is 0. The lowest BCUT2D eigenvalue weighted by Crippen LogP contribution is -2.35. The number of anilines is 1. The van der Waals surface area contributed by atoms with E-state index >= 15 is 0 Å². The highest BCUT2D eigenvalue weighted by molar-refractivity contribution is 5.45. The van der Waals surface area contributed by atoms with Crippen LogP contribution in [0.5, 0.6) is 0 Å². The minimum absolute atomic E-state index is 0.679. The van der Waals surface area contributed by atoms with Gasteiger partial charge in [-0.2, -0.15) is 0 Å². The molecule has 1 unspecified atom stereocenters. The van der Waals surface area contributed by atoms with Crippen molar-refractivity contribution in [2.75, 3.05) is 31.5 Å². The molecule has 150 valence electrons. The molecule has 2 N–H and O–H groups in total. The summed E-state index contributed by atoms with van der Waals surface area (Å²) in [6.07, 6.45) is 15.3. The van der Waals surface area contributed by atoms with Gasteiger partial charge < -0.3 is 10.6 Å². The fraction of sp³-hybridized carbons (Fsp3) is 0.750. The number of rotatable bonds is 8. The predicted molar refractivity (Wildman–Crippen MR) is 115 cm³/mol. The first-order chi connectivity index (χ1) is 13.4. The van der Waals surface area contributed by atoms with E-state index in [0.717, 1.165) is 18.5 Å². The van der Waals surface area contributed by atoms with Crippen molar-refractivity contribution in [3.8, 4) is 0 Å². The summed E-state index contributed by atoms with van der Waals surface area (Å²) in [6, 6.07) is 10.9. The molecule has 0 saturated carbocycles. The summed E-state index contributed by atoms with van der Waals surface area (Å²) in [5.74, 6) is 0.939. The van der Waals surface area contributed by atoms with Gasteiger partial charge in [-0.05, 0) is 94.6 Å². The van der Waals surface area contributed by atoms with Crippen LogP contribution < -0.4 is 10.6 Å². The van der Waals surface area contributed by atoms with E-state index in [2.05, 4.69) is 39.8 Å². The highest BCUT2D eigenvalue weighted by atomic mass is 15.2. The molecule has 0 spiro atoms. The molecule has 3 fully saturated rings. The minimum atomic E-state index is 0.679. The molecule has 3 aliphatic rings. The van der Waals surface area contributed by atoms with Gasteiger partial charge in [-0.3, -0.25) is 4.90 Å². The van der Waals surface area contributed by atoms with Crippen LogP contribution in [0.4, 0.5) is 5.69 Å². The monoisotopic (exact) mass is 369 g/mol. The lowest BCUT2D eigenvalue weighted by molar-refractivity contribution is 0.150. The van der Waals surface area contributed by atoms with Gasteiger partial charge in [0.1, 0.15) is 0 Å². The van der Waals surface area contributed by atoms with Gasteiger partial charge in [0, 0.05) is 24.3 Å². The summed E-state index contributed by atoms with van der Waals surface area (Å²) in [5.41, 5.74) is 2.83. The van der Waals surface area contributed by atoms with Crippen molar-refractivity contribution < 1.29 is 0 Å². The van der Waals surface area contributed by atoms with Crippen LogP contribution in [0.2, 0.25) is 0 Å². The second-order valence-corrected chi connectivity index (χ2v) is 9.09. The van der Waals surface area contributed by atoms with Gasteiger partial charge in [0.15, 0.2) is 0 Å². The molecule has 3 heterocycles. The van der Waals surface area contributed by atoms with Crippen LogP contribution in [0.25, 0.3) is 0 Å². The van der Waals surface area contributed by atoms with Gasteiger partial charge in [-0.25, -0.2) is 0 Å². The average Bonchev–Trinajstić information content (AvgIpc) is 3.16. The second kappa shape index (κ2) is 9.93. The van der Waals surface area contributed by atoms with Crippen molar-refractivity contribution in [2.24, 2.45) is 5.92 Å². The molecule has 0 bridgehead atoms. The van der Waals surface area contributed by atoms with Crippen molar-refractivity contribution in [1.29, 1.82) is 0 Å². The minimum Gasteiger partial charge on any atom is -0.385 e. The number of unbranched alkanes of at least 4 members (excludes halogenated alkanes) is 2. The highest BCUT2D eigenvalue weighted by Gasteiger charge is 2.35. The Hall–Kier alpha value is -1.06. The molecule has 0 aromatic heterocycles. The fourth-order valence-corrected chi connectivity index (χ4v) is 5.58. The van der Waals surface area contributed by atoms with Crippen LogP contribution >= 0.6 is 0 Å². The average molecular weight is 370 g/mol. The van der Waals surface area contributed by atoms with E-state index in [0.29, 0.717) is 6.04 Å². The van der Waals surface area contributed by atoms with Crippen molar-refractivity contribution in [1.82, 2.24) is 10.2 Å². The number of benzene rings is 1. The molecule has 3 aliphatic heterocycles. The van der Waals surface area contributed by atoms with Crippen LogP contribution in [0.3, 0.4) is 0 Å². The third-order valence-electron chi connectivity index (χ3n) is 7.16. The first-order valence-electron chi connectivity index (χ1n) is 11.7. The number of nitrogens with one attached hydrogen (secondary N) is 2. The largest absolute Gasteiger partial charge is 0.385 e. The zero-order valence-electron chi connectivity index (χ0n) is 17.1. The molecule has 0 aliphatic carbocycles. The Morgan fingerprint density at radius 2 is 1.85 bits per heavy atom. The van der Waals surface area contributed by atoms with Gasteiger partial charge in [0.25, 0.3) is 0 Å². The number of fused-ring (bicyclic) bond motifs is 1. The van der Waals surface area contributed by atoms with Gasteiger partial charge in [0.05, 0.1) is 0 Å².